The van der Waals surface area contributed by atoms with E-state index in [-0.39, 0.29) is 11.4 Å². The number of nitrogens with one attached hydrogen (secondary N) is 1. The molecule has 0 spiro atoms. The van der Waals surface area contributed by atoms with Crippen molar-refractivity contribution in [2.75, 3.05) is 6.54 Å². The van der Waals surface area contributed by atoms with E-state index >= 15 is 0 Å². The third-order valence-electron chi connectivity index (χ3n) is 2.44. The molecular weight excluding hydrogens is 309 g/mol. The fraction of sp³-hybridized carbons (Fsp3) is 0.250. The van der Waals surface area contributed by atoms with E-state index in [1.807, 2.05) is 0 Å². The van der Waals surface area contributed by atoms with E-state index in [0.29, 0.717) is 12.5 Å². The smallest absolute Gasteiger partial charge is 0.390 e. The molecule has 0 aliphatic heterocycles. The monoisotopic (exact) mass is 322 g/mol. The number of halogens is 3. The van der Waals surface area contributed by atoms with Gasteiger partial charge in [0.1, 0.15) is 0 Å². The zero-order valence-corrected chi connectivity index (χ0v) is 11.5. The minimum absolute atomic E-state index is 0.0186. The summed E-state index contributed by atoms with van der Waals surface area (Å²) >= 11 is 0. The molecule has 1 rings (SSSR count). The van der Waals surface area contributed by atoms with E-state index in [1.54, 1.807) is 12.1 Å². The van der Waals surface area contributed by atoms with E-state index in [1.165, 1.54) is 12.1 Å². The van der Waals surface area contributed by atoms with Gasteiger partial charge in [-0.3, -0.25) is 4.79 Å². The molecule has 0 aliphatic carbocycles. The largest absolute Gasteiger partial charge is 0.454 e. The molecule has 0 amide bonds. The lowest BCUT2D eigenvalue weighted by Gasteiger charge is -2.04. The third kappa shape index (κ3) is 5.96. The lowest BCUT2D eigenvalue weighted by molar-refractivity contribution is -0.165. The molecule has 0 atom stereocenters. The number of primary sulfonamides is 1. The quantitative estimate of drug-likeness (QED) is 0.606. The van der Waals surface area contributed by atoms with Crippen LogP contribution in [-0.4, -0.2) is 26.9 Å². The molecule has 3 N–H and O–H groups in total. The summed E-state index contributed by atoms with van der Waals surface area (Å²) in [5.41, 5.74) is 0.769. The first-order valence-electron chi connectivity index (χ1n) is 5.73. The first-order valence-corrected chi connectivity index (χ1v) is 7.28. The summed E-state index contributed by atoms with van der Waals surface area (Å²) in [6, 6.07) is 5.78. The molecule has 0 saturated heterocycles. The fourth-order valence-electron chi connectivity index (χ4n) is 1.37. The van der Waals surface area contributed by atoms with Gasteiger partial charge in [0, 0.05) is 18.8 Å². The molecule has 9 heteroatoms. The summed E-state index contributed by atoms with van der Waals surface area (Å²) in [6.07, 6.45) is -3.10. The Bertz CT molecular complexity index is 622. The van der Waals surface area contributed by atoms with Gasteiger partial charge < -0.3 is 5.32 Å². The maximum Gasteiger partial charge on any atom is 0.454 e. The van der Waals surface area contributed by atoms with Crippen molar-refractivity contribution >= 4 is 15.8 Å². The molecule has 0 bridgehead atoms. The van der Waals surface area contributed by atoms with Crippen molar-refractivity contribution < 1.29 is 26.4 Å². The number of nitrogens with two attached hydrogens (primary N) is 1. The summed E-state index contributed by atoms with van der Waals surface area (Å²) in [7, 11) is -3.74. The topological polar surface area (TPSA) is 89.3 Å². The second-order valence-corrected chi connectivity index (χ2v) is 5.65. The molecule has 0 aliphatic rings. The van der Waals surface area contributed by atoms with Crippen molar-refractivity contribution in [2.24, 2.45) is 5.14 Å². The van der Waals surface area contributed by atoms with Gasteiger partial charge in [0.05, 0.1) is 4.90 Å². The predicted molar refractivity (Wildman–Crippen MR) is 69.7 cm³/mol. The Labute approximate surface area is 119 Å². The lowest BCUT2D eigenvalue weighted by atomic mass is 10.1. The molecule has 0 saturated carbocycles. The second-order valence-electron chi connectivity index (χ2n) is 4.09. The molecule has 1 aromatic carbocycles. The van der Waals surface area contributed by atoms with Crippen molar-refractivity contribution in [2.45, 2.75) is 17.5 Å². The van der Waals surface area contributed by atoms with Crippen LogP contribution in [0.1, 0.15) is 5.56 Å². The Kier molecular flexibility index (Phi) is 5.50. The number of allylic oxidation sites excluding steroid dienone is 1. The van der Waals surface area contributed by atoms with Crippen molar-refractivity contribution in [3.63, 3.8) is 0 Å². The van der Waals surface area contributed by atoms with Gasteiger partial charge in [-0.25, -0.2) is 13.6 Å². The average Bonchev–Trinajstić information content (AvgIpc) is 2.36. The zero-order valence-electron chi connectivity index (χ0n) is 10.7. The Morgan fingerprint density at radius 3 is 2.29 bits per heavy atom. The number of alkyl halides is 3. The number of benzene rings is 1. The van der Waals surface area contributed by atoms with Crippen LogP contribution in [0.15, 0.2) is 41.4 Å². The second kappa shape index (κ2) is 6.72. The van der Waals surface area contributed by atoms with E-state index in [4.69, 9.17) is 5.14 Å². The van der Waals surface area contributed by atoms with Crippen molar-refractivity contribution in [3.8, 4) is 0 Å². The molecule has 0 fully saturated rings. The van der Waals surface area contributed by atoms with E-state index in [0.717, 1.165) is 11.8 Å². The van der Waals surface area contributed by atoms with Gasteiger partial charge in [0.25, 0.3) is 5.78 Å². The molecule has 116 valence electrons. The standard InChI is InChI=1S/C12H13F3N2O3S/c13-12(14,15)11(18)6-8-17-7-5-9-1-3-10(4-2-9)21(16,19)20/h1-4,6,8,17H,5,7H2,(H2,16,19,20). The van der Waals surface area contributed by atoms with Crippen LogP contribution >= 0.6 is 0 Å². The summed E-state index contributed by atoms with van der Waals surface area (Å²) in [4.78, 5) is 10.5. The van der Waals surface area contributed by atoms with Crippen LogP contribution in [-0.2, 0) is 21.2 Å². The number of carbonyl (C=O) groups is 1. The highest BCUT2D eigenvalue weighted by atomic mass is 32.2. The van der Waals surface area contributed by atoms with Crippen LogP contribution in [0.2, 0.25) is 0 Å². The number of rotatable bonds is 6. The number of ketones is 1. The normalized spacial score (nSPS) is 12.6. The SMILES string of the molecule is NS(=O)(=O)c1ccc(CCNC=CC(=O)C(F)(F)F)cc1. The highest BCUT2D eigenvalue weighted by Crippen LogP contribution is 2.16. The van der Waals surface area contributed by atoms with Crippen LogP contribution < -0.4 is 10.5 Å². The van der Waals surface area contributed by atoms with Crippen molar-refractivity contribution in [1.82, 2.24) is 5.32 Å². The van der Waals surface area contributed by atoms with Gasteiger partial charge in [-0.1, -0.05) is 12.1 Å². The molecule has 0 unspecified atom stereocenters. The van der Waals surface area contributed by atoms with Crippen molar-refractivity contribution in [3.05, 3.63) is 42.1 Å². The molecule has 1 aromatic rings. The van der Waals surface area contributed by atoms with E-state index < -0.39 is 22.0 Å². The molecule has 21 heavy (non-hydrogen) atoms. The molecule has 0 radical (unpaired) electrons. The summed E-state index contributed by atoms with van der Waals surface area (Å²) in [5, 5.41) is 7.47. The Balaban J connectivity index is 2.44. The molecule has 5 nitrogen and oxygen atoms in total. The first kappa shape index (κ1) is 17.2. The third-order valence-corrected chi connectivity index (χ3v) is 3.37. The van der Waals surface area contributed by atoms with Gasteiger partial charge in [0.2, 0.25) is 10.0 Å². The highest BCUT2D eigenvalue weighted by molar-refractivity contribution is 7.89. The van der Waals surface area contributed by atoms with Crippen LogP contribution in [0.25, 0.3) is 0 Å². The Morgan fingerprint density at radius 2 is 1.81 bits per heavy atom. The van der Waals surface area contributed by atoms with E-state index in [2.05, 4.69) is 5.32 Å². The summed E-state index contributed by atoms with van der Waals surface area (Å²) in [6.45, 7) is 0.288. The van der Waals surface area contributed by atoms with Crippen LogP contribution in [0.4, 0.5) is 13.2 Å². The number of sulfonamides is 1. The number of hydrogen-bond acceptors (Lipinski definition) is 4. The zero-order chi connectivity index (χ0) is 16.1. The number of hydrogen-bond donors (Lipinski definition) is 2. The molecular formula is C12H13F3N2O3S. The highest BCUT2D eigenvalue weighted by Gasteiger charge is 2.35. The first-order chi connectivity index (χ1) is 9.60. The lowest BCUT2D eigenvalue weighted by Crippen LogP contribution is -2.21. The Morgan fingerprint density at radius 1 is 1.24 bits per heavy atom. The average molecular weight is 322 g/mol. The minimum Gasteiger partial charge on any atom is -0.390 e. The number of carbonyl (C=O) groups excluding carboxylic acids is 1. The summed E-state index contributed by atoms with van der Waals surface area (Å²) < 4.78 is 57.7. The molecule has 0 heterocycles. The van der Waals surface area contributed by atoms with Gasteiger partial charge in [-0.2, -0.15) is 13.2 Å². The van der Waals surface area contributed by atoms with Crippen LogP contribution in [0.3, 0.4) is 0 Å². The van der Waals surface area contributed by atoms with Gasteiger partial charge in [-0.15, -0.1) is 0 Å². The predicted octanol–water partition coefficient (Wildman–Crippen LogP) is 1.11. The van der Waals surface area contributed by atoms with Crippen LogP contribution in [0.5, 0.6) is 0 Å². The molecule has 0 aromatic heterocycles. The van der Waals surface area contributed by atoms with Gasteiger partial charge >= 0.3 is 6.18 Å². The van der Waals surface area contributed by atoms with Gasteiger partial charge in [0.15, 0.2) is 0 Å². The van der Waals surface area contributed by atoms with Crippen molar-refractivity contribution in [1.29, 1.82) is 0 Å². The maximum absolute atomic E-state index is 11.9. The van der Waals surface area contributed by atoms with E-state index in [9.17, 15) is 26.4 Å². The Hall–Kier alpha value is -1.87. The van der Waals surface area contributed by atoms with Crippen LogP contribution in [0, 0.1) is 0 Å². The van der Waals surface area contributed by atoms with Gasteiger partial charge in [-0.05, 0) is 24.1 Å². The summed E-state index contributed by atoms with van der Waals surface area (Å²) in [5.74, 6) is -1.94. The fourth-order valence-corrected chi connectivity index (χ4v) is 1.89. The maximum atomic E-state index is 11.9. The minimum atomic E-state index is -4.87.